The molecule has 1 aliphatic carbocycles. The first-order valence-corrected chi connectivity index (χ1v) is 7.99. The maximum absolute atomic E-state index is 12.5. The molecule has 0 radical (unpaired) electrons. The normalized spacial score (nSPS) is 17.7. The van der Waals surface area contributed by atoms with Gasteiger partial charge in [0, 0.05) is 16.9 Å². The number of halogens is 2. The molecule has 0 aliphatic heterocycles. The fourth-order valence-electron chi connectivity index (χ4n) is 2.72. The molecule has 2 rings (SSSR count). The first-order chi connectivity index (χ1) is 9.98. The van der Waals surface area contributed by atoms with Crippen molar-refractivity contribution in [2.75, 3.05) is 5.32 Å². The van der Waals surface area contributed by atoms with Crippen LogP contribution < -0.4 is 11.1 Å². The summed E-state index contributed by atoms with van der Waals surface area (Å²) in [6, 6.07) is 6.59. The lowest BCUT2D eigenvalue weighted by molar-refractivity contribution is -0.117. The number of anilines is 1. The minimum absolute atomic E-state index is 0.207. The van der Waals surface area contributed by atoms with Crippen molar-refractivity contribution in [1.29, 1.82) is 0 Å². The first kappa shape index (κ1) is 16.2. The second kappa shape index (κ2) is 7.22. The Morgan fingerprint density at radius 2 is 1.95 bits per heavy atom. The van der Waals surface area contributed by atoms with Gasteiger partial charge in [0.2, 0.25) is 5.91 Å². The zero-order valence-electron chi connectivity index (χ0n) is 11.8. The van der Waals surface area contributed by atoms with E-state index in [1.807, 2.05) is 0 Å². The van der Waals surface area contributed by atoms with E-state index in [0.29, 0.717) is 22.3 Å². The van der Waals surface area contributed by atoms with Crippen LogP contribution in [0.5, 0.6) is 0 Å². The zero-order valence-corrected chi connectivity index (χ0v) is 12.6. The Labute approximate surface area is 127 Å². The van der Waals surface area contributed by atoms with E-state index in [1.165, 1.54) is 0 Å². The fraction of sp³-hybridized carbons (Fsp3) is 0.533. The molecule has 0 unspecified atom stereocenters. The highest BCUT2D eigenvalue weighted by atomic mass is 32.2. The van der Waals surface area contributed by atoms with Crippen LogP contribution in [0, 0.1) is 0 Å². The lowest BCUT2D eigenvalue weighted by Crippen LogP contribution is -2.44. The lowest BCUT2D eigenvalue weighted by Gasteiger charge is -2.32. The van der Waals surface area contributed by atoms with Gasteiger partial charge >= 0.3 is 0 Å². The number of nitrogens with one attached hydrogen (secondary N) is 1. The van der Waals surface area contributed by atoms with Crippen molar-refractivity contribution >= 4 is 23.4 Å². The summed E-state index contributed by atoms with van der Waals surface area (Å²) in [5, 5.41) is 2.72. The molecule has 0 atom stereocenters. The predicted octanol–water partition coefficient (Wildman–Crippen LogP) is 3.99. The van der Waals surface area contributed by atoms with Crippen LogP contribution in [0.2, 0.25) is 0 Å². The topological polar surface area (TPSA) is 55.1 Å². The second-order valence-electron chi connectivity index (χ2n) is 5.52. The van der Waals surface area contributed by atoms with Crippen molar-refractivity contribution in [2.45, 2.75) is 54.7 Å². The van der Waals surface area contributed by atoms with Gasteiger partial charge in [-0.15, -0.1) is 0 Å². The Balaban J connectivity index is 1.99. The third kappa shape index (κ3) is 4.97. The third-order valence-corrected chi connectivity index (χ3v) is 4.53. The minimum Gasteiger partial charge on any atom is -0.325 e. The van der Waals surface area contributed by atoms with E-state index in [2.05, 4.69) is 5.32 Å². The molecule has 3 nitrogen and oxygen atoms in total. The van der Waals surface area contributed by atoms with Gasteiger partial charge in [-0.2, -0.15) is 8.78 Å². The maximum Gasteiger partial charge on any atom is 0.288 e. The number of thioether (sulfide) groups is 1. The highest BCUT2D eigenvalue weighted by Crippen LogP contribution is 2.33. The molecule has 1 aromatic carbocycles. The van der Waals surface area contributed by atoms with Gasteiger partial charge in [0.05, 0.1) is 5.69 Å². The van der Waals surface area contributed by atoms with Crippen LogP contribution in [0.15, 0.2) is 29.2 Å². The number of nitrogens with two attached hydrogens (primary N) is 1. The molecule has 0 spiro atoms. The summed E-state index contributed by atoms with van der Waals surface area (Å²) in [4.78, 5) is 12.5. The van der Waals surface area contributed by atoms with E-state index in [1.54, 1.807) is 24.3 Å². The molecule has 0 heterocycles. The van der Waals surface area contributed by atoms with Crippen LogP contribution >= 0.6 is 11.8 Å². The monoisotopic (exact) mass is 314 g/mol. The van der Waals surface area contributed by atoms with Gasteiger partial charge in [0.1, 0.15) is 0 Å². The van der Waals surface area contributed by atoms with Crippen LogP contribution in [-0.4, -0.2) is 17.2 Å². The summed E-state index contributed by atoms with van der Waals surface area (Å²) in [5.74, 6) is -2.72. The number of carbonyl (C=O) groups is 1. The van der Waals surface area contributed by atoms with Gasteiger partial charge in [-0.3, -0.25) is 4.79 Å². The van der Waals surface area contributed by atoms with E-state index in [0.717, 1.165) is 32.1 Å². The molecular weight excluding hydrogens is 294 g/mol. The SMILES string of the molecule is NC1(CC(=O)Nc2ccccc2SC(F)F)CCCCC1. The number of para-hydroxylation sites is 1. The van der Waals surface area contributed by atoms with Crippen molar-refractivity contribution < 1.29 is 13.6 Å². The van der Waals surface area contributed by atoms with Crippen LogP contribution in [0.1, 0.15) is 38.5 Å². The van der Waals surface area contributed by atoms with E-state index >= 15 is 0 Å². The summed E-state index contributed by atoms with van der Waals surface area (Å²) in [6.45, 7) is 0. The minimum atomic E-state index is -2.51. The van der Waals surface area contributed by atoms with Gasteiger partial charge < -0.3 is 11.1 Å². The van der Waals surface area contributed by atoms with Crippen molar-refractivity contribution in [3.8, 4) is 0 Å². The summed E-state index contributed by atoms with van der Waals surface area (Å²) in [7, 11) is 0. The van der Waals surface area contributed by atoms with Crippen molar-refractivity contribution in [3.05, 3.63) is 24.3 Å². The number of alkyl halides is 2. The summed E-state index contributed by atoms with van der Waals surface area (Å²) < 4.78 is 25.0. The molecule has 116 valence electrons. The number of benzene rings is 1. The van der Waals surface area contributed by atoms with Crippen LogP contribution in [-0.2, 0) is 4.79 Å². The molecule has 0 bridgehead atoms. The van der Waals surface area contributed by atoms with Crippen LogP contribution in [0.25, 0.3) is 0 Å². The number of hydrogen-bond acceptors (Lipinski definition) is 3. The standard InChI is InChI=1S/C15H20F2N2OS/c16-14(17)21-12-7-3-2-6-11(12)19-13(20)10-15(18)8-4-1-5-9-15/h2-3,6-7,14H,1,4-5,8-10,18H2,(H,19,20). The van der Waals surface area contributed by atoms with Gasteiger partial charge in [-0.25, -0.2) is 0 Å². The molecule has 1 fully saturated rings. The molecule has 1 aliphatic rings. The molecule has 1 aromatic rings. The molecule has 0 saturated heterocycles. The Morgan fingerprint density at radius 1 is 1.29 bits per heavy atom. The maximum atomic E-state index is 12.5. The number of rotatable bonds is 5. The molecular formula is C15H20F2N2OS. The van der Waals surface area contributed by atoms with Crippen molar-refractivity contribution in [2.24, 2.45) is 5.73 Å². The Hall–Kier alpha value is -1.14. The van der Waals surface area contributed by atoms with Crippen LogP contribution in [0.3, 0.4) is 0 Å². The number of hydrogen-bond donors (Lipinski definition) is 2. The summed E-state index contributed by atoms with van der Waals surface area (Å²) >= 11 is 0.433. The van der Waals surface area contributed by atoms with Gasteiger partial charge in [0.25, 0.3) is 5.76 Å². The number of amides is 1. The quantitative estimate of drug-likeness (QED) is 0.808. The highest BCUT2D eigenvalue weighted by molar-refractivity contribution is 7.99. The first-order valence-electron chi connectivity index (χ1n) is 7.11. The highest BCUT2D eigenvalue weighted by Gasteiger charge is 2.30. The van der Waals surface area contributed by atoms with Crippen molar-refractivity contribution in [1.82, 2.24) is 0 Å². The van der Waals surface area contributed by atoms with E-state index in [4.69, 9.17) is 5.73 Å². The second-order valence-corrected chi connectivity index (χ2v) is 6.55. The molecule has 1 saturated carbocycles. The lowest BCUT2D eigenvalue weighted by atomic mass is 9.80. The average Bonchev–Trinajstić information content (AvgIpc) is 2.40. The molecule has 0 aromatic heterocycles. The Kier molecular flexibility index (Phi) is 5.58. The Bertz CT molecular complexity index is 490. The molecule has 21 heavy (non-hydrogen) atoms. The number of carbonyl (C=O) groups excluding carboxylic acids is 1. The van der Waals surface area contributed by atoms with E-state index < -0.39 is 11.3 Å². The smallest absolute Gasteiger partial charge is 0.288 e. The van der Waals surface area contributed by atoms with E-state index in [-0.39, 0.29) is 12.3 Å². The zero-order chi connectivity index (χ0) is 15.3. The van der Waals surface area contributed by atoms with E-state index in [9.17, 15) is 13.6 Å². The molecule has 6 heteroatoms. The van der Waals surface area contributed by atoms with Crippen LogP contribution in [0.4, 0.5) is 14.5 Å². The van der Waals surface area contributed by atoms with Crippen molar-refractivity contribution in [3.63, 3.8) is 0 Å². The Morgan fingerprint density at radius 3 is 2.62 bits per heavy atom. The largest absolute Gasteiger partial charge is 0.325 e. The predicted molar refractivity (Wildman–Crippen MR) is 81.6 cm³/mol. The fourth-order valence-corrected chi connectivity index (χ4v) is 3.31. The van der Waals surface area contributed by atoms with Gasteiger partial charge in [0.15, 0.2) is 0 Å². The molecule has 1 amide bonds. The third-order valence-electron chi connectivity index (χ3n) is 3.74. The molecule has 3 N–H and O–H groups in total. The summed E-state index contributed by atoms with van der Waals surface area (Å²) in [5.41, 5.74) is 6.22. The van der Waals surface area contributed by atoms with Gasteiger partial charge in [-0.1, -0.05) is 43.2 Å². The summed E-state index contributed by atoms with van der Waals surface area (Å²) in [6.07, 6.45) is 5.17. The van der Waals surface area contributed by atoms with Gasteiger partial charge in [-0.05, 0) is 25.0 Å². The average molecular weight is 314 g/mol.